The van der Waals surface area contributed by atoms with Crippen molar-refractivity contribution in [3.05, 3.63) is 66.1 Å². The number of methoxy groups -OCH3 is 1. The summed E-state index contributed by atoms with van der Waals surface area (Å²) in [6.07, 6.45) is -0.312. The zero-order valence-electron chi connectivity index (χ0n) is 26.2. The van der Waals surface area contributed by atoms with E-state index in [4.69, 9.17) is 22.6 Å². The number of aromatic amines is 1. The lowest BCUT2D eigenvalue weighted by molar-refractivity contribution is 0.410. The Balaban J connectivity index is 1.91. The molecule has 26 heavy (non-hydrogen) atoms. The molecular weight excluding hydrogens is 348 g/mol. The summed E-state index contributed by atoms with van der Waals surface area (Å²) in [6, 6.07) is -2.21. The number of fused-ring (bicyclic) bond motifs is 1. The van der Waals surface area contributed by atoms with Crippen molar-refractivity contribution >= 4 is 22.2 Å². The molecule has 4 aromatic rings. The summed E-state index contributed by atoms with van der Waals surface area (Å²) in [4.78, 5) is 8.19. The molecule has 1 atom stereocenters. The Bertz CT molecular complexity index is 1610. The Morgan fingerprint density at radius 3 is 3.12 bits per heavy atom. The smallest absolute Gasteiger partial charge is 0.322 e. The fraction of sp³-hybridized carbons (Fsp3) is 0.158. The average Bonchev–Trinajstić information content (AvgIpc) is 3.28. The monoisotopic (exact) mass is 379 g/mol. The first kappa shape index (κ1) is 7.46. The molecule has 0 radical (unpaired) electrons. The first-order valence-electron chi connectivity index (χ1n) is 13.6. The van der Waals surface area contributed by atoms with Crippen molar-refractivity contribution in [3.63, 3.8) is 0 Å². The minimum atomic E-state index is -2.88. The molecule has 7 heteroatoms. The number of benzene rings is 1. The summed E-state index contributed by atoms with van der Waals surface area (Å²) in [5, 5.41) is -0.760. The molecule has 6 nitrogen and oxygen atoms in total. The normalized spacial score (nSPS) is 20.6. The molecule has 1 N–H and O–H groups in total. The molecule has 0 spiro atoms. The van der Waals surface area contributed by atoms with E-state index >= 15 is 0 Å². The molecule has 0 saturated carbocycles. The van der Waals surface area contributed by atoms with Gasteiger partial charge >= 0.3 is 5.16 Å². The maximum absolute atomic E-state index is 13.5. The van der Waals surface area contributed by atoms with Gasteiger partial charge in [-0.25, -0.2) is 0 Å². The van der Waals surface area contributed by atoms with Crippen LogP contribution >= 0.6 is 0 Å². The van der Waals surface area contributed by atoms with Gasteiger partial charge in [-0.05, 0) is 43.2 Å². The average molecular weight is 380 g/mol. The quantitative estimate of drug-likeness (QED) is 0.539. The Morgan fingerprint density at radius 2 is 2.31 bits per heavy atom. The van der Waals surface area contributed by atoms with Crippen LogP contribution in [0.2, 0.25) is 1.41 Å². The van der Waals surface area contributed by atoms with Gasteiger partial charge in [-0.3, -0.25) is 9.96 Å². The summed E-state index contributed by atoms with van der Waals surface area (Å²) in [5.74, 6) is -0.239. The van der Waals surface area contributed by atoms with E-state index < -0.39 is 94.0 Å². The van der Waals surface area contributed by atoms with Gasteiger partial charge in [-0.15, -0.1) is 0 Å². The van der Waals surface area contributed by atoms with Gasteiger partial charge in [0, 0.05) is 41.0 Å². The van der Waals surface area contributed by atoms with Crippen molar-refractivity contribution in [3.8, 4) is 11.4 Å². The third-order valence-electron chi connectivity index (χ3n) is 3.42. The second-order valence-corrected chi connectivity index (χ2v) is 6.10. The molecule has 0 bridgehead atoms. The first-order chi connectivity index (χ1) is 17.9. The molecule has 3 aromatic heterocycles. The van der Waals surface area contributed by atoms with Crippen molar-refractivity contribution in [2.24, 2.45) is 0 Å². The Kier molecular flexibility index (Phi) is 1.97. The number of hydrogen-bond donors (Lipinski definition) is 1. The predicted molar refractivity (Wildman–Crippen MR) is 101 cm³/mol. The molecule has 4 rings (SSSR count). The maximum atomic E-state index is 13.5. The molecule has 0 fully saturated rings. The number of nitrogens with zero attached hydrogens (tertiary/aromatic N) is 3. The van der Waals surface area contributed by atoms with E-state index in [1.807, 2.05) is 0 Å². The molecule has 132 valence electrons. The standard InChI is InChI=1S/C19H18N4O2S/c1-13-17(20-8-7-18(13)25-2)12-26(24)19-21-15-6-5-14(11-16(15)22-19)23-9-3-4-10-23/h3-11H,12H2,1-2H3,(H,21,22)/i2D3,3D,4D,5D,6D,9D,10D,11D,12D2/hD. The Labute approximate surface area is 172 Å². The molecule has 3 heterocycles. The highest BCUT2D eigenvalue weighted by Crippen LogP contribution is 2.24. The van der Waals surface area contributed by atoms with Crippen LogP contribution in [-0.2, 0) is 16.9 Å². The van der Waals surface area contributed by atoms with Crippen LogP contribution < -0.4 is 4.74 Å². The van der Waals surface area contributed by atoms with E-state index in [-0.39, 0.29) is 11.3 Å². The lowest BCUT2D eigenvalue weighted by atomic mass is 10.2. The van der Waals surface area contributed by atoms with Crippen molar-refractivity contribution in [1.82, 2.24) is 19.5 Å². The number of ether oxygens (including phenoxy) is 1. The van der Waals surface area contributed by atoms with Crippen molar-refractivity contribution < 1.29 is 27.2 Å². The van der Waals surface area contributed by atoms with Gasteiger partial charge in [0.25, 0.3) is 0 Å². The van der Waals surface area contributed by atoms with Crippen LogP contribution in [0, 0.1) is 6.92 Å². The van der Waals surface area contributed by atoms with E-state index in [0.717, 1.165) is 6.20 Å². The number of rotatable bonds is 5. The lowest BCUT2D eigenvalue weighted by Gasteiger charge is -2.10. The van der Waals surface area contributed by atoms with Crippen LogP contribution in [-0.4, -0.2) is 31.1 Å². The number of nitrogens with one attached hydrogen (secondary N) is 1. The van der Waals surface area contributed by atoms with Crippen LogP contribution in [0.4, 0.5) is 0 Å². The summed E-state index contributed by atoms with van der Waals surface area (Å²) >= 11 is -2.84. The molecule has 1 aromatic carbocycles. The minimum Gasteiger partial charge on any atom is -0.609 e. The molecule has 0 aliphatic rings. The van der Waals surface area contributed by atoms with Crippen LogP contribution in [0.5, 0.6) is 5.75 Å². The first-order valence-corrected chi connectivity index (χ1v) is 8.30. The van der Waals surface area contributed by atoms with Gasteiger partial charge in [0.1, 0.15) is 5.75 Å². The van der Waals surface area contributed by atoms with Gasteiger partial charge in [0.15, 0.2) is 7.12 Å². The third kappa shape index (κ3) is 3.07. The van der Waals surface area contributed by atoms with Crippen LogP contribution in [0.1, 0.15) is 27.7 Å². The number of imidazole rings is 1. The fourth-order valence-corrected chi connectivity index (χ4v) is 2.95. The van der Waals surface area contributed by atoms with Crippen LogP contribution in [0.3, 0.4) is 0 Å². The topological polar surface area (TPSA) is 78.8 Å². The SMILES string of the molecule is [2H]c1c(-n2c([2H])c([2H])c([2H])c2[2H])c([2H])c2nc([S+]([O-])C([2H])([2H])c3nccc(OC([2H])([2H])[2H])c3C)n([2H])c2c1[2H]. The van der Waals surface area contributed by atoms with Gasteiger partial charge in [-0.2, -0.15) is 4.98 Å². The predicted octanol–water partition coefficient (Wildman–Crippen LogP) is 3.37. The fourth-order valence-electron chi connectivity index (χ4n) is 2.13. The lowest BCUT2D eigenvalue weighted by Crippen LogP contribution is -2.10. The van der Waals surface area contributed by atoms with Crippen molar-refractivity contribution in [2.75, 3.05) is 7.04 Å². The second kappa shape index (κ2) is 6.86. The van der Waals surface area contributed by atoms with Crippen molar-refractivity contribution in [2.45, 2.75) is 17.8 Å². The molecule has 1 unspecified atom stereocenters. The summed E-state index contributed by atoms with van der Waals surface area (Å²) in [5.41, 5.74) is -4.88. The molecule has 0 saturated heterocycles. The van der Waals surface area contributed by atoms with E-state index in [1.54, 1.807) is 0 Å². The van der Waals surface area contributed by atoms with Crippen LogP contribution in [0.25, 0.3) is 16.7 Å². The number of hydrogen-bond acceptors (Lipinski definition) is 4. The highest BCUT2D eigenvalue weighted by Gasteiger charge is 2.20. The van der Waals surface area contributed by atoms with Gasteiger partial charge in [0.05, 0.1) is 40.2 Å². The van der Waals surface area contributed by atoms with E-state index in [1.165, 1.54) is 13.0 Å². The van der Waals surface area contributed by atoms with Crippen LogP contribution in [0.15, 0.2) is 60.0 Å². The molecule has 0 aliphatic carbocycles. The van der Waals surface area contributed by atoms with Crippen molar-refractivity contribution in [1.29, 1.82) is 0 Å². The molecular formula is C19H18N4O2S. The highest BCUT2D eigenvalue weighted by atomic mass is 32.2. The Hall–Kier alpha value is -2.77. The maximum Gasteiger partial charge on any atom is 0.322 e. The van der Waals surface area contributed by atoms with Gasteiger partial charge < -0.3 is 13.9 Å². The zero-order chi connectivity index (χ0) is 29.4. The van der Waals surface area contributed by atoms with E-state index in [9.17, 15) is 4.55 Å². The third-order valence-corrected chi connectivity index (χ3v) is 4.31. The van der Waals surface area contributed by atoms with E-state index in [0.29, 0.717) is 9.54 Å². The zero-order valence-corrected chi connectivity index (χ0v) is 14.0. The second-order valence-electron chi connectivity index (χ2n) is 4.99. The number of pyridine rings is 1. The molecule has 0 aliphatic heterocycles. The minimum absolute atomic E-state index is 0.0753. The van der Waals surface area contributed by atoms with E-state index in [2.05, 4.69) is 9.97 Å². The van der Waals surface area contributed by atoms with Gasteiger partial charge in [-0.1, -0.05) is 0 Å². The highest BCUT2D eigenvalue weighted by molar-refractivity contribution is 7.90. The summed E-state index contributed by atoms with van der Waals surface area (Å²) < 4.78 is 123. The Morgan fingerprint density at radius 1 is 1.46 bits per heavy atom. The van der Waals surface area contributed by atoms with Gasteiger partial charge in [0.2, 0.25) is 0 Å². The largest absolute Gasteiger partial charge is 0.609 e. The number of aromatic nitrogens is 4. The summed E-state index contributed by atoms with van der Waals surface area (Å²) in [6.45, 7) is 1.31. The number of H-pyrrole nitrogens is 1. The summed E-state index contributed by atoms with van der Waals surface area (Å²) in [7, 11) is -2.86. The molecule has 0 amide bonds.